The topological polar surface area (TPSA) is 3.24 Å². The number of benzene rings is 3. The zero-order valence-corrected chi connectivity index (χ0v) is 13.4. The van der Waals surface area contributed by atoms with Crippen LogP contribution in [0, 0.1) is 0 Å². The minimum Gasteiger partial charge on any atom is -0.311 e. The molecule has 0 radical (unpaired) electrons. The lowest BCUT2D eigenvalue weighted by Crippen LogP contribution is -2.09. The van der Waals surface area contributed by atoms with Gasteiger partial charge in [0.1, 0.15) is 0 Å². The van der Waals surface area contributed by atoms with E-state index in [0.29, 0.717) is 0 Å². The molecule has 1 unspecified atom stereocenters. The summed E-state index contributed by atoms with van der Waals surface area (Å²) in [6.45, 7) is 2.09. The lowest BCUT2D eigenvalue weighted by atomic mass is 10.1. The molecule has 3 rings (SSSR count). The normalized spacial score (nSPS) is 11.9. The van der Waals surface area contributed by atoms with Crippen LogP contribution in [0.15, 0.2) is 84.9 Å². The molecule has 3 aromatic rings. The molecule has 0 spiro atoms. The maximum atomic E-state index is 4.50. The summed E-state index contributed by atoms with van der Waals surface area (Å²) < 4.78 is 0. The highest BCUT2D eigenvalue weighted by atomic mass is 32.1. The van der Waals surface area contributed by atoms with Crippen molar-refractivity contribution in [3.8, 4) is 0 Å². The van der Waals surface area contributed by atoms with Gasteiger partial charge in [-0.25, -0.2) is 0 Å². The first-order valence-electron chi connectivity index (χ1n) is 7.44. The third kappa shape index (κ3) is 3.18. The highest BCUT2D eigenvalue weighted by Gasteiger charge is 2.11. The number of hydrogen-bond acceptors (Lipinski definition) is 2. The highest BCUT2D eigenvalue weighted by Crippen LogP contribution is 2.34. The molecule has 2 heteroatoms. The predicted octanol–water partition coefficient (Wildman–Crippen LogP) is 6.15. The Hall–Kier alpha value is -2.19. The predicted molar refractivity (Wildman–Crippen MR) is 98.5 cm³/mol. The number of rotatable bonds is 4. The van der Waals surface area contributed by atoms with Gasteiger partial charge in [0.05, 0.1) is 0 Å². The van der Waals surface area contributed by atoms with E-state index in [-0.39, 0.29) is 5.25 Å². The minimum atomic E-state index is 0.246. The molecular weight excluding hydrogens is 286 g/mol. The molecule has 0 bridgehead atoms. The minimum absolute atomic E-state index is 0.246. The van der Waals surface area contributed by atoms with E-state index in [1.807, 2.05) is 12.1 Å². The second kappa shape index (κ2) is 6.71. The number of anilines is 3. The van der Waals surface area contributed by atoms with Crippen molar-refractivity contribution in [2.45, 2.75) is 12.2 Å². The number of nitrogens with zero attached hydrogens (tertiary/aromatic N) is 1. The van der Waals surface area contributed by atoms with Gasteiger partial charge in [0.15, 0.2) is 0 Å². The molecule has 0 aliphatic rings. The standard InChI is InChI=1S/C20H19NS/c1-16(22)17-12-14-20(15-13-17)21(18-8-4-2-5-9-18)19-10-6-3-7-11-19/h2-16,22H,1H3. The molecule has 110 valence electrons. The van der Waals surface area contributed by atoms with Gasteiger partial charge in [-0.1, -0.05) is 48.5 Å². The van der Waals surface area contributed by atoms with Gasteiger partial charge in [-0.05, 0) is 48.9 Å². The largest absolute Gasteiger partial charge is 0.311 e. The summed E-state index contributed by atoms with van der Waals surface area (Å²) in [5, 5.41) is 0.246. The van der Waals surface area contributed by atoms with Crippen molar-refractivity contribution < 1.29 is 0 Å². The lowest BCUT2D eigenvalue weighted by molar-refractivity contribution is 1.11. The van der Waals surface area contributed by atoms with E-state index in [4.69, 9.17) is 0 Å². The molecule has 0 N–H and O–H groups in total. The van der Waals surface area contributed by atoms with Gasteiger partial charge in [0.25, 0.3) is 0 Å². The summed E-state index contributed by atoms with van der Waals surface area (Å²) >= 11 is 4.50. The van der Waals surface area contributed by atoms with E-state index in [2.05, 4.69) is 97.2 Å². The van der Waals surface area contributed by atoms with Crippen LogP contribution in [0.1, 0.15) is 17.7 Å². The second-order valence-corrected chi connectivity index (χ2v) is 6.05. The molecule has 0 saturated heterocycles. The van der Waals surface area contributed by atoms with Gasteiger partial charge >= 0.3 is 0 Å². The molecule has 1 nitrogen and oxygen atoms in total. The second-order valence-electron chi connectivity index (χ2n) is 5.27. The van der Waals surface area contributed by atoms with Crippen LogP contribution in [0.5, 0.6) is 0 Å². The monoisotopic (exact) mass is 305 g/mol. The van der Waals surface area contributed by atoms with E-state index < -0.39 is 0 Å². The van der Waals surface area contributed by atoms with Crippen molar-refractivity contribution >= 4 is 29.7 Å². The Labute approximate surface area is 137 Å². The summed E-state index contributed by atoms with van der Waals surface area (Å²) in [5.74, 6) is 0. The Bertz CT molecular complexity index is 666. The maximum Gasteiger partial charge on any atom is 0.0461 e. The lowest BCUT2D eigenvalue weighted by Gasteiger charge is -2.25. The van der Waals surface area contributed by atoms with E-state index in [1.54, 1.807) is 0 Å². The van der Waals surface area contributed by atoms with Gasteiger partial charge < -0.3 is 4.90 Å². The van der Waals surface area contributed by atoms with Crippen LogP contribution in [0.2, 0.25) is 0 Å². The molecular formula is C20H19NS. The van der Waals surface area contributed by atoms with E-state index >= 15 is 0 Å². The molecule has 22 heavy (non-hydrogen) atoms. The van der Waals surface area contributed by atoms with Gasteiger partial charge in [0, 0.05) is 22.3 Å². The third-order valence-electron chi connectivity index (χ3n) is 3.66. The molecule has 0 aromatic heterocycles. The third-order valence-corrected chi connectivity index (χ3v) is 3.96. The summed E-state index contributed by atoms with van der Waals surface area (Å²) in [7, 11) is 0. The quantitative estimate of drug-likeness (QED) is 0.566. The Morgan fingerprint density at radius 2 is 1.05 bits per heavy atom. The Kier molecular flexibility index (Phi) is 4.50. The van der Waals surface area contributed by atoms with E-state index in [0.717, 1.165) is 17.1 Å². The molecule has 0 aliphatic heterocycles. The van der Waals surface area contributed by atoms with Crippen molar-refractivity contribution in [3.63, 3.8) is 0 Å². The van der Waals surface area contributed by atoms with Crippen LogP contribution >= 0.6 is 12.6 Å². The summed E-state index contributed by atoms with van der Waals surface area (Å²) in [5.41, 5.74) is 4.68. The van der Waals surface area contributed by atoms with Crippen molar-refractivity contribution in [3.05, 3.63) is 90.5 Å². The number of thiol groups is 1. The number of para-hydroxylation sites is 2. The average molecular weight is 305 g/mol. The smallest absolute Gasteiger partial charge is 0.0461 e. The van der Waals surface area contributed by atoms with E-state index in [9.17, 15) is 0 Å². The van der Waals surface area contributed by atoms with Crippen molar-refractivity contribution in [2.75, 3.05) is 4.90 Å². The van der Waals surface area contributed by atoms with Crippen molar-refractivity contribution in [1.82, 2.24) is 0 Å². The van der Waals surface area contributed by atoms with Crippen LogP contribution in [-0.2, 0) is 0 Å². The van der Waals surface area contributed by atoms with Crippen LogP contribution in [0.25, 0.3) is 0 Å². The van der Waals surface area contributed by atoms with Gasteiger partial charge in [-0.2, -0.15) is 12.6 Å². The fourth-order valence-electron chi connectivity index (χ4n) is 2.50. The Morgan fingerprint density at radius 1 is 0.636 bits per heavy atom. The summed E-state index contributed by atoms with van der Waals surface area (Å²) in [4.78, 5) is 2.26. The van der Waals surface area contributed by atoms with Gasteiger partial charge in [-0.3, -0.25) is 0 Å². The number of hydrogen-bond donors (Lipinski definition) is 1. The zero-order chi connectivity index (χ0) is 15.4. The first kappa shape index (κ1) is 14.7. The SMILES string of the molecule is CC(S)c1ccc(N(c2ccccc2)c2ccccc2)cc1. The van der Waals surface area contributed by atoms with Crippen LogP contribution in [-0.4, -0.2) is 0 Å². The summed E-state index contributed by atoms with van der Waals surface area (Å²) in [6.07, 6.45) is 0. The van der Waals surface area contributed by atoms with Gasteiger partial charge in [0.2, 0.25) is 0 Å². The van der Waals surface area contributed by atoms with Crippen LogP contribution in [0.4, 0.5) is 17.1 Å². The molecule has 3 aromatic carbocycles. The molecule has 0 heterocycles. The Balaban J connectivity index is 2.06. The summed E-state index contributed by atoms with van der Waals surface area (Å²) in [6, 6.07) is 29.4. The first-order valence-corrected chi connectivity index (χ1v) is 7.95. The maximum absolute atomic E-state index is 4.50. The van der Waals surface area contributed by atoms with Crippen LogP contribution in [0.3, 0.4) is 0 Å². The van der Waals surface area contributed by atoms with E-state index in [1.165, 1.54) is 5.56 Å². The Morgan fingerprint density at radius 3 is 1.45 bits per heavy atom. The van der Waals surface area contributed by atoms with Gasteiger partial charge in [-0.15, -0.1) is 0 Å². The molecule has 0 amide bonds. The molecule has 0 saturated carbocycles. The molecule has 1 atom stereocenters. The fourth-order valence-corrected chi connectivity index (χ4v) is 2.68. The highest BCUT2D eigenvalue weighted by molar-refractivity contribution is 7.80. The molecule has 0 fully saturated rings. The molecule has 0 aliphatic carbocycles. The fraction of sp³-hybridized carbons (Fsp3) is 0.100. The zero-order valence-electron chi connectivity index (χ0n) is 12.6. The van der Waals surface area contributed by atoms with Crippen molar-refractivity contribution in [2.24, 2.45) is 0 Å². The average Bonchev–Trinajstić information content (AvgIpc) is 2.57. The first-order chi connectivity index (χ1) is 10.8. The van der Waals surface area contributed by atoms with Crippen molar-refractivity contribution in [1.29, 1.82) is 0 Å². The van der Waals surface area contributed by atoms with Crippen LogP contribution < -0.4 is 4.90 Å².